The molecule has 1 aliphatic rings. The summed E-state index contributed by atoms with van der Waals surface area (Å²) in [7, 11) is 0. The van der Waals surface area contributed by atoms with E-state index in [1.165, 1.54) is 24.3 Å². The average Bonchev–Trinajstić information content (AvgIpc) is 2.74. The van der Waals surface area contributed by atoms with Crippen LogP contribution >= 0.6 is 0 Å². The average molecular weight is 411 g/mol. The molecule has 1 heterocycles. The summed E-state index contributed by atoms with van der Waals surface area (Å²) < 4.78 is 13.4. The van der Waals surface area contributed by atoms with Crippen LogP contribution in [-0.2, 0) is 17.6 Å². The summed E-state index contributed by atoms with van der Waals surface area (Å²) in [5.74, 6) is -0.636. The Kier molecular flexibility index (Phi) is 6.43. The van der Waals surface area contributed by atoms with Crippen molar-refractivity contribution in [1.29, 1.82) is 5.26 Å². The van der Waals surface area contributed by atoms with E-state index < -0.39 is 16.3 Å². The topological polar surface area (TPSA) is 107 Å². The molecule has 0 bridgehead atoms. The number of halogens is 1. The number of nitro groups is 1. The molecule has 8 heteroatoms. The van der Waals surface area contributed by atoms with Gasteiger partial charge >= 0.3 is 0 Å². The van der Waals surface area contributed by atoms with Crippen LogP contribution in [0.25, 0.3) is 0 Å². The molecule has 2 aromatic carbocycles. The molecule has 2 aromatic rings. The number of carbonyl (C=O) groups excluding carboxylic acids is 1. The number of hydrogen-bond acceptors (Lipinski definition) is 5. The molecule has 0 saturated carbocycles. The monoisotopic (exact) mass is 411 g/mol. The second kappa shape index (κ2) is 9.01. The molecule has 0 radical (unpaired) electrons. The van der Waals surface area contributed by atoms with E-state index in [1.54, 1.807) is 23.1 Å². The first-order valence-electron chi connectivity index (χ1n) is 9.72. The summed E-state index contributed by atoms with van der Waals surface area (Å²) in [6.45, 7) is 0.852. The van der Waals surface area contributed by atoms with E-state index in [9.17, 15) is 24.4 Å². The highest BCUT2D eigenvalue weighted by Crippen LogP contribution is 2.28. The molecule has 0 aromatic heterocycles. The molecule has 0 atom stereocenters. The number of amides is 1. The number of nitrogens with zero attached hydrogens (tertiary/aromatic N) is 3. The smallest absolute Gasteiger partial charge is 0.269 e. The number of piperidine rings is 1. The van der Waals surface area contributed by atoms with Gasteiger partial charge in [-0.15, -0.1) is 0 Å². The zero-order valence-electron chi connectivity index (χ0n) is 16.4. The van der Waals surface area contributed by atoms with E-state index in [2.05, 4.69) is 0 Å². The molecule has 30 heavy (non-hydrogen) atoms. The Balaban J connectivity index is 1.51. The van der Waals surface area contributed by atoms with Crippen LogP contribution < -0.4 is 0 Å². The number of benzene rings is 2. The molecule has 0 aliphatic carbocycles. The molecule has 156 valence electrons. The van der Waals surface area contributed by atoms with Crippen LogP contribution in [0.15, 0.2) is 42.5 Å². The molecule has 3 rings (SSSR count). The molecule has 1 amide bonds. The van der Waals surface area contributed by atoms with E-state index in [1.807, 2.05) is 6.07 Å². The van der Waals surface area contributed by atoms with Crippen LogP contribution in [0.5, 0.6) is 0 Å². The fraction of sp³-hybridized carbons (Fsp3) is 0.364. The van der Waals surface area contributed by atoms with Gasteiger partial charge in [0.05, 0.1) is 22.5 Å². The van der Waals surface area contributed by atoms with Crippen LogP contribution in [0.1, 0.15) is 36.0 Å². The standard InChI is InChI=1S/C22H22FN3O4/c23-20-6-3-17(13-18(20)15-24)7-8-22(28)9-11-25(12-10-22)21(27)14-16-1-4-19(5-2-16)26(29)30/h1-6,13,28H,7-12,14H2. The number of rotatable bonds is 6. The van der Waals surface area contributed by atoms with Crippen molar-refractivity contribution in [2.75, 3.05) is 13.1 Å². The van der Waals surface area contributed by atoms with Gasteiger partial charge in [-0.25, -0.2) is 4.39 Å². The van der Waals surface area contributed by atoms with Crippen LogP contribution in [-0.4, -0.2) is 39.5 Å². The quantitative estimate of drug-likeness (QED) is 0.580. The summed E-state index contributed by atoms with van der Waals surface area (Å²) in [6.07, 6.45) is 2.01. The third kappa shape index (κ3) is 5.19. The number of nitriles is 1. The second-order valence-electron chi connectivity index (χ2n) is 7.63. The largest absolute Gasteiger partial charge is 0.390 e. The lowest BCUT2D eigenvalue weighted by Crippen LogP contribution is -2.47. The van der Waals surface area contributed by atoms with E-state index in [-0.39, 0.29) is 23.6 Å². The van der Waals surface area contributed by atoms with Gasteiger partial charge in [-0.05, 0) is 48.9 Å². The Morgan fingerprint density at radius 2 is 1.83 bits per heavy atom. The number of nitro benzene ring substituents is 1. The molecular weight excluding hydrogens is 389 g/mol. The number of carbonyl (C=O) groups is 1. The summed E-state index contributed by atoms with van der Waals surface area (Å²) in [6, 6.07) is 12.1. The van der Waals surface area contributed by atoms with Gasteiger partial charge in [0.15, 0.2) is 0 Å². The number of aliphatic hydroxyl groups is 1. The van der Waals surface area contributed by atoms with Crippen molar-refractivity contribution in [2.24, 2.45) is 0 Å². The first-order chi connectivity index (χ1) is 14.3. The summed E-state index contributed by atoms with van der Waals surface area (Å²) in [5.41, 5.74) is 0.559. The highest BCUT2D eigenvalue weighted by molar-refractivity contribution is 5.79. The SMILES string of the molecule is N#Cc1cc(CCC2(O)CCN(C(=O)Cc3ccc([N+](=O)[O-])cc3)CC2)ccc1F. The van der Waals surface area contributed by atoms with Crippen LogP contribution in [0.2, 0.25) is 0 Å². The third-order valence-electron chi connectivity index (χ3n) is 5.58. The molecule has 0 spiro atoms. The van der Waals surface area contributed by atoms with E-state index in [0.717, 1.165) is 5.56 Å². The summed E-state index contributed by atoms with van der Waals surface area (Å²) in [5, 5.41) is 30.5. The lowest BCUT2D eigenvalue weighted by atomic mass is 9.85. The maximum Gasteiger partial charge on any atom is 0.269 e. The van der Waals surface area contributed by atoms with Crippen LogP contribution in [0.3, 0.4) is 0 Å². The van der Waals surface area contributed by atoms with Gasteiger partial charge in [0, 0.05) is 25.2 Å². The highest BCUT2D eigenvalue weighted by atomic mass is 19.1. The first kappa shape index (κ1) is 21.4. The molecule has 7 nitrogen and oxygen atoms in total. The van der Waals surface area contributed by atoms with Gasteiger partial charge < -0.3 is 10.0 Å². The molecular formula is C22H22FN3O4. The second-order valence-corrected chi connectivity index (χ2v) is 7.63. The van der Waals surface area contributed by atoms with Gasteiger partial charge in [-0.1, -0.05) is 18.2 Å². The van der Waals surface area contributed by atoms with Gasteiger partial charge in [0.1, 0.15) is 11.9 Å². The van der Waals surface area contributed by atoms with Crippen molar-refractivity contribution in [2.45, 2.75) is 37.7 Å². The Labute approximate surface area is 173 Å². The normalized spacial score (nSPS) is 15.4. The predicted octanol–water partition coefficient (Wildman–Crippen LogP) is 3.13. The molecule has 0 unspecified atom stereocenters. The minimum Gasteiger partial charge on any atom is -0.390 e. The molecule has 1 fully saturated rings. The number of hydrogen-bond donors (Lipinski definition) is 1. The van der Waals surface area contributed by atoms with E-state index >= 15 is 0 Å². The highest BCUT2D eigenvalue weighted by Gasteiger charge is 2.33. The zero-order chi connectivity index (χ0) is 21.7. The summed E-state index contributed by atoms with van der Waals surface area (Å²) in [4.78, 5) is 24.4. The van der Waals surface area contributed by atoms with Crippen molar-refractivity contribution in [3.8, 4) is 6.07 Å². The Morgan fingerprint density at radius 3 is 2.43 bits per heavy atom. The number of likely N-dealkylation sites (tertiary alicyclic amines) is 1. The molecule has 1 aliphatic heterocycles. The third-order valence-corrected chi connectivity index (χ3v) is 5.58. The minimum atomic E-state index is -0.911. The van der Waals surface area contributed by atoms with Crippen molar-refractivity contribution in [3.05, 3.63) is 75.1 Å². The molecule has 1 N–H and O–H groups in total. The van der Waals surface area contributed by atoms with Gasteiger partial charge in [-0.3, -0.25) is 14.9 Å². The minimum absolute atomic E-state index is 0.00819. The fourth-order valence-corrected chi connectivity index (χ4v) is 3.63. The Bertz CT molecular complexity index is 977. The maximum absolute atomic E-state index is 13.4. The van der Waals surface area contributed by atoms with Crippen molar-refractivity contribution in [3.63, 3.8) is 0 Å². The predicted molar refractivity (Wildman–Crippen MR) is 107 cm³/mol. The van der Waals surface area contributed by atoms with Crippen LogP contribution in [0, 0.1) is 27.3 Å². The van der Waals surface area contributed by atoms with E-state index in [4.69, 9.17) is 5.26 Å². The maximum atomic E-state index is 13.4. The molecule has 1 saturated heterocycles. The zero-order valence-corrected chi connectivity index (χ0v) is 16.4. The fourth-order valence-electron chi connectivity index (χ4n) is 3.63. The number of non-ortho nitro benzene ring substituents is 1. The van der Waals surface area contributed by atoms with Crippen molar-refractivity contribution < 1.29 is 19.2 Å². The first-order valence-corrected chi connectivity index (χ1v) is 9.72. The Hall–Kier alpha value is -3.31. The summed E-state index contributed by atoms with van der Waals surface area (Å²) >= 11 is 0. The van der Waals surface area contributed by atoms with Gasteiger partial charge in [-0.2, -0.15) is 5.26 Å². The van der Waals surface area contributed by atoms with Gasteiger partial charge in [0.2, 0.25) is 5.91 Å². The van der Waals surface area contributed by atoms with E-state index in [0.29, 0.717) is 44.3 Å². The Morgan fingerprint density at radius 1 is 1.20 bits per heavy atom. The lowest BCUT2D eigenvalue weighted by Gasteiger charge is -2.38. The number of aryl methyl sites for hydroxylation is 1. The van der Waals surface area contributed by atoms with Crippen molar-refractivity contribution >= 4 is 11.6 Å². The van der Waals surface area contributed by atoms with Crippen LogP contribution in [0.4, 0.5) is 10.1 Å². The van der Waals surface area contributed by atoms with Crippen molar-refractivity contribution in [1.82, 2.24) is 4.90 Å². The van der Waals surface area contributed by atoms with Gasteiger partial charge in [0.25, 0.3) is 5.69 Å². The lowest BCUT2D eigenvalue weighted by molar-refractivity contribution is -0.384.